The van der Waals surface area contributed by atoms with Gasteiger partial charge in [0, 0.05) is 38.6 Å². The van der Waals surface area contributed by atoms with Gasteiger partial charge in [0.15, 0.2) is 23.3 Å². The average Bonchev–Trinajstić information content (AvgIpc) is 3.02. The van der Waals surface area contributed by atoms with Gasteiger partial charge in [-0.2, -0.15) is 0 Å². The Bertz CT molecular complexity index is 2080. The molecule has 2 aliphatic rings. The first-order valence-corrected chi connectivity index (χ1v) is 13.4. The van der Waals surface area contributed by atoms with Crippen LogP contribution in [-0.2, 0) is 0 Å². The van der Waals surface area contributed by atoms with Gasteiger partial charge in [0.25, 0.3) is 23.6 Å². The molecule has 0 N–H and O–H groups in total. The van der Waals surface area contributed by atoms with Crippen molar-refractivity contribution in [3.63, 3.8) is 0 Å². The summed E-state index contributed by atoms with van der Waals surface area (Å²) in [5.74, 6) is -11.3. The lowest BCUT2D eigenvalue weighted by Gasteiger charge is -2.32. The molecule has 0 saturated heterocycles. The van der Waals surface area contributed by atoms with Crippen LogP contribution in [0.5, 0.6) is 0 Å². The Labute approximate surface area is 246 Å². The molecule has 6 nitrogen and oxygen atoms in total. The lowest BCUT2D eigenvalue weighted by atomic mass is 9.85. The van der Waals surface area contributed by atoms with Gasteiger partial charge in [0.05, 0.1) is 5.69 Å². The summed E-state index contributed by atoms with van der Waals surface area (Å²) in [5.41, 5.74) is 0.0133. The van der Waals surface area contributed by atoms with Gasteiger partial charge in [-0.15, -0.1) is 0 Å². The first-order valence-electron chi connectivity index (χ1n) is 13.4. The molecular weight excluding hydrogens is 576 g/mol. The van der Waals surface area contributed by atoms with E-state index in [1.807, 2.05) is 37.3 Å². The molecule has 0 bridgehead atoms. The fourth-order valence-electron chi connectivity index (χ4n) is 5.81. The number of amides is 4. The summed E-state index contributed by atoms with van der Waals surface area (Å²) in [6.45, 7) is 2.77. The highest BCUT2D eigenvalue weighted by Gasteiger charge is 2.43. The zero-order valence-corrected chi connectivity index (χ0v) is 23.0. The molecule has 0 fully saturated rings. The molecule has 0 aromatic heterocycles. The Balaban J connectivity index is 1.37. The van der Waals surface area contributed by atoms with E-state index in [1.165, 1.54) is 24.3 Å². The van der Waals surface area contributed by atoms with Crippen LogP contribution in [0.2, 0.25) is 0 Å². The van der Waals surface area contributed by atoms with E-state index in [1.54, 1.807) is 18.2 Å². The maximum atomic E-state index is 14.9. The number of rotatable bonds is 3. The summed E-state index contributed by atoms with van der Waals surface area (Å²) in [6, 6.07) is 19.5. The monoisotopic (exact) mass is 594 g/mol. The molecule has 0 radical (unpaired) electrons. The molecule has 44 heavy (non-hydrogen) atoms. The normalized spacial score (nSPS) is 14.2. The van der Waals surface area contributed by atoms with E-state index in [2.05, 4.69) is 0 Å². The first-order chi connectivity index (χ1) is 21.0. The van der Waals surface area contributed by atoms with Crippen LogP contribution in [-0.4, -0.2) is 23.6 Å². The number of hydrogen-bond acceptors (Lipinski definition) is 4. The number of aryl methyl sites for hydroxylation is 1. The van der Waals surface area contributed by atoms with E-state index in [0.29, 0.717) is 5.69 Å². The third kappa shape index (κ3) is 3.60. The van der Waals surface area contributed by atoms with Crippen LogP contribution in [0.1, 0.15) is 52.6 Å². The molecule has 2 heterocycles. The smallest absolute Gasteiger partial charge is 0.266 e. The molecule has 0 spiro atoms. The van der Waals surface area contributed by atoms with E-state index in [0.717, 1.165) is 28.5 Å². The van der Waals surface area contributed by atoms with Crippen molar-refractivity contribution in [1.29, 1.82) is 0 Å². The van der Waals surface area contributed by atoms with Gasteiger partial charge in [-0.25, -0.2) is 27.4 Å². The summed E-state index contributed by atoms with van der Waals surface area (Å²) in [4.78, 5) is 55.8. The molecule has 0 unspecified atom stereocenters. The van der Waals surface area contributed by atoms with Gasteiger partial charge < -0.3 is 0 Å². The largest absolute Gasteiger partial charge is 0.268 e. The van der Waals surface area contributed by atoms with Crippen molar-refractivity contribution in [2.75, 3.05) is 9.80 Å². The van der Waals surface area contributed by atoms with Gasteiger partial charge in [-0.05, 0) is 61.4 Å². The van der Waals surface area contributed by atoms with E-state index in [4.69, 9.17) is 0 Å². The molecule has 0 saturated carbocycles. The van der Waals surface area contributed by atoms with E-state index < -0.39 is 58.1 Å². The predicted molar refractivity (Wildman–Crippen MR) is 154 cm³/mol. The number of halogens is 4. The fraction of sp³-hybridized carbons (Fsp3) is 0.0588. The number of benzene rings is 5. The maximum absolute atomic E-state index is 14.9. The Morgan fingerprint density at radius 2 is 0.955 bits per heavy atom. The van der Waals surface area contributed by atoms with Crippen LogP contribution in [0.15, 0.2) is 72.8 Å². The highest BCUT2D eigenvalue weighted by atomic mass is 19.2. The van der Waals surface area contributed by atoms with Crippen molar-refractivity contribution in [3.05, 3.63) is 129 Å². The van der Waals surface area contributed by atoms with Crippen LogP contribution in [0.25, 0.3) is 21.9 Å². The van der Waals surface area contributed by atoms with Crippen molar-refractivity contribution in [2.24, 2.45) is 0 Å². The summed E-state index contributed by atoms with van der Waals surface area (Å²) in [6.07, 6.45) is 0. The minimum atomic E-state index is -1.91. The molecule has 0 atom stereocenters. The molecule has 4 amide bonds. The average molecular weight is 595 g/mol. The third-order valence-corrected chi connectivity index (χ3v) is 8.07. The Hall–Kier alpha value is -5.64. The van der Waals surface area contributed by atoms with Crippen LogP contribution in [0.4, 0.5) is 28.9 Å². The van der Waals surface area contributed by atoms with E-state index in [9.17, 15) is 36.7 Å². The first kappa shape index (κ1) is 27.2. The molecule has 2 aliphatic heterocycles. The Kier molecular flexibility index (Phi) is 5.83. The predicted octanol–water partition coefficient (Wildman–Crippen LogP) is 7.28. The second kappa shape index (κ2) is 9.43. The quantitative estimate of drug-likeness (QED) is 0.125. The maximum Gasteiger partial charge on any atom is 0.266 e. The molecule has 0 aliphatic carbocycles. The summed E-state index contributed by atoms with van der Waals surface area (Å²) in [7, 11) is 0. The molecule has 5 aromatic carbocycles. The van der Waals surface area contributed by atoms with Gasteiger partial charge in [0.2, 0.25) is 0 Å². The van der Waals surface area contributed by atoms with Crippen LogP contribution < -0.4 is 9.80 Å². The van der Waals surface area contributed by atoms with Gasteiger partial charge in [-0.1, -0.05) is 42.0 Å². The van der Waals surface area contributed by atoms with Crippen LogP contribution in [0, 0.1) is 37.1 Å². The lowest BCUT2D eigenvalue weighted by molar-refractivity contribution is 0.0871. The van der Waals surface area contributed by atoms with Gasteiger partial charge in [0.1, 0.15) is 5.69 Å². The van der Waals surface area contributed by atoms with Crippen molar-refractivity contribution in [1.82, 2.24) is 0 Å². The molecule has 5 aromatic rings. The SMILES string of the molecule is Cc1ccc(-c2cccc(N3C(=O)c4ccc5c6c(ccc(c46)C3=O)C(=O)N(c3c(F)c(F)c(C)c(F)c3F)C5=O)c2)cc1. The summed E-state index contributed by atoms with van der Waals surface area (Å²) < 4.78 is 58.7. The van der Waals surface area contributed by atoms with Crippen molar-refractivity contribution >= 4 is 45.8 Å². The number of imide groups is 2. The third-order valence-electron chi connectivity index (χ3n) is 8.07. The second-order valence-corrected chi connectivity index (χ2v) is 10.6. The minimum Gasteiger partial charge on any atom is -0.268 e. The number of carbonyl (C=O) groups is 4. The summed E-state index contributed by atoms with van der Waals surface area (Å²) >= 11 is 0. The lowest BCUT2D eigenvalue weighted by Crippen LogP contribution is -2.44. The fourth-order valence-corrected chi connectivity index (χ4v) is 5.81. The van der Waals surface area contributed by atoms with Gasteiger partial charge in [-0.3, -0.25) is 19.2 Å². The number of hydrogen-bond donors (Lipinski definition) is 0. The molecule has 216 valence electrons. The molecule has 7 rings (SSSR count). The Morgan fingerprint density at radius 3 is 1.43 bits per heavy atom. The minimum absolute atomic E-state index is 0.0137. The highest BCUT2D eigenvalue weighted by Crippen LogP contribution is 2.42. The number of nitrogens with zero attached hydrogens (tertiary/aromatic N) is 2. The van der Waals surface area contributed by atoms with E-state index in [-0.39, 0.29) is 37.9 Å². The van der Waals surface area contributed by atoms with Gasteiger partial charge >= 0.3 is 0 Å². The van der Waals surface area contributed by atoms with Crippen LogP contribution in [0.3, 0.4) is 0 Å². The zero-order valence-electron chi connectivity index (χ0n) is 23.0. The number of anilines is 2. The van der Waals surface area contributed by atoms with Crippen molar-refractivity contribution in [2.45, 2.75) is 13.8 Å². The van der Waals surface area contributed by atoms with Crippen molar-refractivity contribution in [3.8, 4) is 11.1 Å². The second-order valence-electron chi connectivity index (χ2n) is 10.6. The topological polar surface area (TPSA) is 74.8 Å². The highest BCUT2D eigenvalue weighted by molar-refractivity contribution is 6.42. The van der Waals surface area contributed by atoms with E-state index >= 15 is 0 Å². The van der Waals surface area contributed by atoms with Crippen molar-refractivity contribution < 1.29 is 36.7 Å². The number of carbonyl (C=O) groups excluding carboxylic acids is 4. The molecular formula is C34H18F4N2O4. The molecule has 10 heteroatoms. The zero-order chi connectivity index (χ0) is 31.2. The standard InChI is InChI=1S/C34H18F4N2O4/c1-15-6-8-17(9-7-15)18-4-3-5-19(14-18)39-31(41)20-10-12-22-25-23(13-11-21(24(20)25)32(39)42)34(44)40(33(22)43)30-28(37)26(35)16(2)27(36)29(30)38/h3-14H,1-2H3. The summed E-state index contributed by atoms with van der Waals surface area (Å²) in [5, 5.41) is -0.0561. The van der Waals surface area contributed by atoms with Crippen LogP contribution >= 0.6 is 0 Å². The Morgan fingerprint density at radius 1 is 0.500 bits per heavy atom.